The zero-order chi connectivity index (χ0) is 14.5. The minimum Gasteiger partial charge on any atom is -0.461 e. The maximum Gasteiger partial charge on any atom is 0.338 e. The summed E-state index contributed by atoms with van der Waals surface area (Å²) in [5.74, 6) is -0.593. The molecule has 4 nitrogen and oxygen atoms in total. The Morgan fingerprint density at radius 2 is 1.74 bits per heavy atom. The first kappa shape index (κ1) is 16.2. The molecule has 0 spiro atoms. The third-order valence-electron chi connectivity index (χ3n) is 3.03. The highest BCUT2D eigenvalue weighted by molar-refractivity contribution is 6.35. The van der Waals surface area contributed by atoms with E-state index in [9.17, 15) is 15.0 Å². The van der Waals surface area contributed by atoms with Crippen molar-refractivity contribution >= 4 is 29.2 Å². The van der Waals surface area contributed by atoms with Crippen LogP contribution in [0.25, 0.3) is 0 Å². The van der Waals surface area contributed by atoms with E-state index in [0.717, 1.165) is 0 Å². The highest BCUT2D eigenvalue weighted by Gasteiger charge is 2.29. The van der Waals surface area contributed by atoms with Gasteiger partial charge in [-0.3, -0.25) is 0 Å². The van der Waals surface area contributed by atoms with E-state index < -0.39 is 11.4 Å². The molecule has 0 aliphatic carbocycles. The third kappa shape index (κ3) is 4.35. The standard InChI is InChI=1S/C13H16Cl2O4/c1-2-13(6-16,7-17)8-19-12(18)9-3-10(14)5-11(15)4-9/h3-5,16-17H,2,6-8H2,1H3. The van der Waals surface area contributed by atoms with Gasteiger partial charge in [0.15, 0.2) is 0 Å². The molecule has 1 aromatic carbocycles. The van der Waals surface area contributed by atoms with Crippen molar-refractivity contribution in [1.29, 1.82) is 0 Å². The summed E-state index contributed by atoms with van der Waals surface area (Å²) in [6.45, 7) is 1.21. The maximum absolute atomic E-state index is 11.8. The number of halogens is 2. The summed E-state index contributed by atoms with van der Waals surface area (Å²) in [4.78, 5) is 11.8. The van der Waals surface area contributed by atoms with E-state index in [1.54, 1.807) is 6.92 Å². The van der Waals surface area contributed by atoms with Crippen LogP contribution in [0.4, 0.5) is 0 Å². The lowest BCUT2D eigenvalue weighted by Crippen LogP contribution is -2.35. The summed E-state index contributed by atoms with van der Waals surface area (Å²) in [7, 11) is 0. The topological polar surface area (TPSA) is 66.8 Å². The molecule has 0 bridgehead atoms. The van der Waals surface area contributed by atoms with E-state index in [1.165, 1.54) is 18.2 Å². The van der Waals surface area contributed by atoms with Crippen LogP contribution in [-0.4, -0.2) is 36.0 Å². The van der Waals surface area contributed by atoms with Gasteiger partial charge in [-0.2, -0.15) is 0 Å². The molecule has 0 saturated heterocycles. The molecule has 106 valence electrons. The van der Waals surface area contributed by atoms with E-state index in [4.69, 9.17) is 27.9 Å². The second kappa shape index (κ2) is 7.10. The van der Waals surface area contributed by atoms with Crippen LogP contribution in [0.1, 0.15) is 23.7 Å². The minimum atomic E-state index is -0.821. The van der Waals surface area contributed by atoms with Gasteiger partial charge < -0.3 is 14.9 Å². The second-order valence-corrected chi connectivity index (χ2v) is 5.28. The normalized spacial score (nSPS) is 11.4. The Labute approximate surface area is 121 Å². The number of aliphatic hydroxyl groups excluding tert-OH is 2. The third-order valence-corrected chi connectivity index (χ3v) is 3.46. The molecule has 0 aliphatic heterocycles. The lowest BCUT2D eigenvalue weighted by molar-refractivity contribution is -0.0176. The first-order chi connectivity index (χ1) is 8.96. The van der Waals surface area contributed by atoms with Crippen molar-refractivity contribution in [1.82, 2.24) is 0 Å². The first-order valence-corrected chi connectivity index (χ1v) is 6.57. The van der Waals surface area contributed by atoms with Crippen LogP contribution < -0.4 is 0 Å². The molecule has 0 saturated carbocycles. The summed E-state index contributed by atoms with van der Waals surface area (Å²) in [6.07, 6.45) is 0.490. The molecule has 1 rings (SSSR count). The molecule has 0 amide bonds. The van der Waals surface area contributed by atoms with Crippen LogP contribution in [0.15, 0.2) is 18.2 Å². The molecule has 1 aromatic rings. The van der Waals surface area contributed by atoms with Crippen molar-refractivity contribution in [2.75, 3.05) is 19.8 Å². The van der Waals surface area contributed by atoms with Crippen LogP contribution in [0, 0.1) is 5.41 Å². The SMILES string of the molecule is CCC(CO)(CO)COC(=O)c1cc(Cl)cc(Cl)c1. The van der Waals surface area contributed by atoms with Gasteiger partial charge >= 0.3 is 5.97 Å². The van der Waals surface area contributed by atoms with Crippen LogP contribution in [-0.2, 0) is 4.74 Å². The predicted molar refractivity (Wildman–Crippen MR) is 73.6 cm³/mol. The number of hydrogen-bond acceptors (Lipinski definition) is 4. The average Bonchev–Trinajstić information content (AvgIpc) is 2.39. The van der Waals surface area contributed by atoms with Crippen LogP contribution in [0.2, 0.25) is 10.0 Å². The fourth-order valence-electron chi connectivity index (χ4n) is 1.44. The van der Waals surface area contributed by atoms with Gasteiger partial charge in [0.1, 0.15) is 6.61 Å². The van der Waals surface area contributed by atoms with Crippen molar-refractivity contribution < 1.29 is 19.7 Å². The molecule has 0 radical (unpaired) electrons. The molecule has 0 heterocycles. The number of rotatable bonds is 6. The Morgan fingerprint density at radius 3 is 2.16 bits per heavy atom. The fraction of sp³-hybridized carbons (Fsp3) is 0.462. The van der Waals surface area contributed by atoms with E-state index >= 15 is 0 Å². The van der Waals surface area contributed by atoms with Crippen molar-refractivity contribution in [3.63, 3.8) is 0 Å². The number of carbonyl (C=O) groups is 1. The Hall–Kier alpha value is -0.810. The Balaban J connectivity index is 2.74. The summed E-state index contributed by atoms with van der Waals surface area (Å²) < 4.78 is 5.10. The predicted octanol–water partition coefficient (Wildman–Crippen LogP) is 2.53. The smallest absolute Gasteiger partial charge is 0.338 e. The molecule has 6 heteroatoms. The average molecular weight is 307 g/mol. The number of hydrogen-bond donors (Lipinski definition) is 2. The largest absolute Gasteiger partial charge is 0.461 e. The number of aliphatic hydroxyl groups is 2. The van der Waals surface area contributed by atoms with E-state index in [0.29, 0.717) is 16.5 Å². The number of benzene rings is 1. The molecule has 0 fully saturated rings. The zero-order valence-electron chi connectivity index (χ0n) is 10.5. The molecule has 0 atom stereocenters. The number of ether oxygens (including phenoxy) is 1. The molecule has 0 aliphatic rings. The van der Waals surface area contributed by atoms with Crippen molar-refractivity contribution in [2.24, 2.45) is 5.41 Å². The summed E-state index contributed by atoms with van der Waals surface area (Å²) in [6, 6.07) is 4.40. The Bertz CT molecular complexity index is 416. The first-order valence-electron chi connectivity index (χ1n) is 5.81. The van der Waals surface area contributed by atoms with Crippen molar-refractivity contribution in [3.05, 3.63) is 33.8 Å². The van der Waals surface area contributed by atoms with Crippen molar-refractivity contribution in [2.45, 2.75) is 13.3 Å². The van der Waals surface area contributed by atoms with E-state index in [-0.39, 0.29) is 25.4 Å². The van der Waals surface area contributed by atoms with Gasteiger partial charge in [0.25, 0.3) is 0 Å². The van der Waals surface area contributed by atoms with Gasteiger partial charge in [0, 0.05) is 10.0 Å². The monoisotopic (exact) mass is 306 g/mol. The summed E-state index contributed by atoms with van der Waals surface area (Å²) in [5, 5.41) is 19.2. The summed E-state index contributed by atoms with van der Waals surface area (Å²) >= 11 is 11.6. The summed E-state index contributed by atoms with van der Waals surface area (Å²) in [5.41, 5.74) is -0.587. The van der Waals surface area contributed by atoms with Gasteiger partial charge in [-0.15, -0.1) is 0 Å². The number of carbonyl (C=O) groups excluding carboxylic acids is 1. The van der Waals surface area contributed by atoms with Gasteiger partial charge in [-0.05, 0) is 24.6 Å². The lowest BCUT2D eigenvalue weighted by atomic mass is 9.88. The maximum atomic E-state index is 11.8. The molecular formula is C13H16Cl2O4. The van der Waals surface area contributed by atoms with E-state index in [2.05, 4.69) is 0 Å². The van der Waals surface area contributed by atoms with Crippen LogP contribution in [0.3, 0.4) is 0 Å². The Morgan fingerprint density at radius 1 is 1.21 bits per heavy atom. The zero-order valence-corrected chi connectivity index (χ0v) is 12.0. The van der Waals surface area contributed by atoms with Crippen molar-refractivity contribution in [3.8, 4) is 0 Å². The molecule has 0 aromatic heterocycles. The molecule has 2 N–H and O–H groups in total. The van der Waals surface area contributed by atoms with Gasteiger partial charge in [-0.1, -0.05) is 30.1 Å². The van der Waals surface area contributed by atoms with Gasteiger partial charge in [0.2, 0.25) is 0 Å². The highest BCUT2D eigenvalue weighted by atomic mass is 35.5. The van der Waals surface area contributed by atoms with Gasteiger partial charge in [0.05, 0.1) is 24.2 Å². The minimum absolute atomic E-state index is 0.0700. The molecule has 0 unspecified atom stereocenters. The highest BCUT2D eigenvalue weighted by Crippen LogP contribution is 2.23. The Kier molecular flexibility index (Phi) is 6.07. The quantitative estimate of drug-likeness (QED) is 0.793. The van der Waals surface area contributed by atoms with Gasteiger partial charge in [-0.25, -0.2) is 4.79 Å². The number of esters is 1. The van der Waals surface area contributed by atoms with Crippen LogP contribution >= 0.6 is 23.2 Å². The second-order valence-electron chi connectivity index (χ2n) is 4.40. The van der Waals surface area contributed by atoms with E-state index in [1.807, 2.05) is 0 Å². The molecular weight excluding hydrogens is 291 g/mol. The lowest BCUT2D eigenvalue weighted by Gasteiger charge is -2.27. The molecule has 19 heavy (non-hydrogen) atoms. The van der Waals surface area contributed by atoms with Crippen LogP contribution in [0.5, 0.6) is 0 Å². The fourth-order valence-corrected chi connectivity index (χ4v) is 1.97.